The highest BCUT2D eigenvalue weighted by Gasteiger charge is 1.95. The lowest BCUT2D eigenvalue weighted by Crippen LogP contribution is -1.98. The lowest BCUT2D eigenvalue weighted by Gasteiger charge is -2.08. The van der Waals surface area contributed by atoms with Gasteiger partial charge >= 0.3 is 0 Å². The van der Waals surface area contributed by atoms with Crippen molar-refractivity contribution in [1.82, 2.24) is 0 Å². The van der Waals surface area contributed by atoms with Crippen LogP contribution in [0.3, 0.4) is 0 Å². The van der Waals surface area contributed by atoms with E-state index in [1.807, 2.05) is 19.2 Å². The monoisotopic (exact) mass is 262 g/mol. The summed E-state index contributed by atoms with van der Waals surface area (Å²) in [5, 5.41) is 6.37. The van der Waals surface area contributed by atoms with Gasteiger partial charge in [0.15, 0.2) is 0 Å². The first-order valence-electron chi connectivity index (χ1n) is 3.45. The Bertz CT molecular complexity index is 225. The molecule has 60 valence electrons. The summed E-state index contributed by atoms with van der Waals surface area (Å²) in [5.41, 5.74) is 2.30. The van der Waals surface area contributed by atoms with Crippen LogP contribution in [0, 0.1) is 0 Å². The second-order valence-electron chi connectivity index (χ2n) is 2.11. The Hall–Kier alpha value is -0.450. The second kappa shape index (κ2) is 4.43. The number of alkyl halides is 1. The van der Waals surface area contributed by atoms with Gasteiger partial charge in [0.05, 0.1) is 15.9 Å². The third-order valence-electron chi connectivity index (χ3n) is 1.45. The predicted octanol–water partition coefficient (Wildman–Crippen LogP) is 2.53. The van der Waals surface area contributed by atoms with E-state index < -0.39 is 0 Å². The Morgan fingerprint density at radius 2 is 1.91 bits per heavy atom. The summed E-state index contributed by atoms with van der Waals surface area (Å²) in [7, 11) is 1.92. The molecule has 2 N–H and O–H groups in total. The molecule has 0 aromatic heterocycles. The minimum absolute atomic E-state index is 0.927. The molecule has 0 heterocycles. The van der Waals surface area contributed by atoms with Crippen molar-refractivity contribution in [3.8, 4) is 0 Å². The molecule has 0 unspecified atom stereocenters. The van der Waals surface area contributed by atoms with Crippen LogP contribution in [0.4, 0.5) is 11.4 Å². The second-order valence-corrected chi connectivity index (χ2v) is 2.87. The van der Waals surface area contributed by atoms with E-state index in [-0.39, 0.29) is 0 Å². The predicted molar refractivity (Wildman–Crippen MR) is 58.5 cm³/mol. The van der Waals surface area contributed by atoms with E-state index in [9.17, 15) is 0 Å². The SMILES string of the molecule is CNc1ccccc1NCI. The molecule has 2 nitrogen and oxygen atoms in total. The van der Waals surface area contributed by atoms with Crippen molar-refractivity contribution in [1.29, 1.82) is 0 Å². The van der Waals surface area contributed by atoms with Gasteiger partial charge in [-0.05, 0) is 12.1 Å². The molecule has 3 heteroatoms. The molecule has 0 aliphatic carbocycles. The fourth-order valence-electron chi connectivity index (χ4n) is 0.927. The van der Waals surface area contributed by atoms with Crippen molar-refractivity contribution >= 4 is 34.0 Å². The van der Waals surface area contributed by atoms with E-state index in [0.717, 1.165) is 15.9 Å². The van der Waals surface area contributed by atoms with E-state index >= 15 is 0 Å². The summed E-state index contributed by atoms with van der Waals surface area (Å²) in [4.78, 5) is 0. The summed E-state index contributed by atoms with van der Waals surface area (Å²) in [6, 6.07) is 8.15. The van der Waals surface area contributed by atoms with Crippen LogP contribution in [-0.2, 0) is 0 Å². The molecule has 0 saturated carbocycles. The van der Waals surface area contributed by atoms with Crippen molar-refractivity contribution in [2.45, 2.75) is 0 Å². The Morgan fingerprint density at radius 1 is 1.27 bits per heavy atom. The van der Waals surface area contributed by atoms with Gasteiger partial charge in [-0.25, -0.2) is 0 Å². The molecule has 1 aromatic rings. The maximum Gasteiger partial charge on any atom is 0.0671 e. The number of hydrogen-bond donors (Lipinski definition) is 2. The molecule has 0 fully saturated rings. The van der Waals surface area contributed by atoms with Crippen LogP contribution in [0.5, 0.6) is 0 Å². The van der Waals surface area contributed by atoms with Gasteiger partial charge in [0.1, 0.15) is 0 Å². The molecule has 1 aromatic carbocycles. The molecule has 11 heavy (non-hydrogen) atoms. The fourth-order valence-corrected chi connectivity index (χ4v) is 1.34. The lowest BCUT2D eigenvalue weighted by molar-refractivity contribution is 1.44. The molecular weight excluding hydrogens is 251 g/mol. The van der Waals surface area contributed by atoms with Crippen LogP contribution in [-0.4, -0.2) is 11.6 Å². The normalized spacial score (nSPS) is 9.27. The standard InChI is InChI=1S/C8H11IN2/c1-10-7-4-2-3-5-8(7)11-6-9/h2-5,10-11H,6H2,1H3. The van der Waals surface area contributed by atoms with Gasteiger partial charge in [-0.1, -0.05) is 34.7 Å². The Morgan fingerprint density at radius 3 is 2.45 bits per heavy atom. The quantitative estimate of drug-likeness (QED) is 0.497. The van der Waals surface area contributed by atoms with Gasteiger partial charge < -0.3 is 10.6 Å². The summed E-state index contributed by atoms with van der Waals surface area (Å²) < 4.78 is 0.927. The average Bonchev–Trinajstić information content (AvgIpc) is 2.06. The van der Waals surface area contributed by atoms with Gasteiger partial charge in [-0.3, -0.25) is 0 Å². The topological polar surface area (TPSA) is 24.1 Å². The Kier molecular flexibility index (Phi) is 3.48. The van der Waals surface area contributed by atoms with E-state index in [2.05, 4.69) is 45.4 Å². The van der Waals surface area contributed by atoms with Gasteiger partial charge in [-0.2, -0.15) is 0 Å². The van der Waals surface area contributed by atoms with Gasteiger partial charge in [0.2, 0.25) is 0 Å². The van der Waals surface area contributed by atoms with Crippen molar-refractivity contribution in [3.63, 3.8) is 0 Å². The van der Waals surface area contributed by atoms with Crippen molar-refractivity contribution in [3.05, 3.63) is 24.3 Å². The zero-order valence-electron chi connectivity index (χ0n) is 6.39. The minimum atomic E-state index is 0.927. The fraction of sp³-hybridized carbons (Fsp3) is 0.250. The zero-order chi connectivity index (χ0) is 8.10. The van der Waals surface area contributed by atoms with E-state index in [1.54, 1.807) is 0 Å². The summed E-state index contributed by atoms with van der Waals surface area (Å²) in [6.45, 7) is 0. The van der Waals surface area contributed by atoms with Crippen LogP contribution in [0.2, 0.25) is 0 Å². The van der Waals surface area contributed by atoms with E-state index in [1.165, 1.54) is 0 Å². The smallest absolute Gasteiger partial charge is 0.0671 e. The van der Waals surface area contributed by atoms with Crippen LogP contribution >= 0.6 is 22.6 Å². The maximum atomic E-state index is 3.25. The van der Waals surface area contributed by atoms with Crippen molar-refractivity contribution < 1.29 is 0 Å². The van der Waals surface area contributed by atoms with Crippen molar-refractivity contribution in [2.75, 3.05) is 22.2 Å². The largest absolute Gasteiger partial charge is 0.386 e. The number of anilines is 2. The van der Waals surface area contributed by atoms with E-state index in [0.29, 0.717) is 0 Å². The molecular formula is C8H11IN2. The Labute approximate surface area is 80.5 Å². The number of hydrogen-bond acceptors (Lipinski definition) is 2. The number of nitrogens with one attached hydrogen (secondary N) is 2. The lowest BCUT2D eigenvalue weighted by atomic mass is 10.3. The average molecular weight is 262 g/mol. The zero-order valence-corrected chi connectivity index (χ0v) is 8.55. The maximum absolute atomic E-state index is 3.25. The molecule has 0 saturated heterocycles. The number of rotatable bonds is 3. The minimum Gasteiger partial charge on any atom is -0.386 e. The highest BCUT2D eigenvalue weighted by atomic mass is 127. The number of para-hydroxylation sites is 2. The molecule has 0 aliphatic heterocycles. The molecule has 1 rings (SSSR count). The van der Waals surface area contributed by atoms with Gasteiger partial charge in [0.25, 0.3) is 0 Å². The summed E-state index contributed by atoms with van der Waals surface area (Å²) in [6.07, 6.45) is 0. The molecule has 0 aliphatic rings. The van der Waals surface area contributed by atoms with Crippen LogP contribution in [0.15, 0.2) is 24.3 Å². The highest BCUT2D eigenvalue weighted by Crippen LogP contribution is 2.19. The van der Waals surface area contributed by atoms with E-state index in [4.69, 9.17) is 0 Å². The molecule has 0 amide bonds. The molecule has 0 bridgehead atoms. The number of halogens is 1. The Balaban J connectivity index is 2.83. The molecule has 0 radical (unpaired) electrons. The van der Waals surface area contributed by atoms with Crippen molar-refractivity contribution in [2.24, 2.45) is 0 Å². The van der Waals surface area contributed by atoms with Crippen LogP contribution < -0.4 is 10.6 Å². The van der Waals surface area contributed by atoms with Crippen LogP contribution in [0.1, 0.15) is 0 Å². The summed E-state index contributed by atoms with van der Waals surface area (Å²) in [5.74, 6) is 0. The molecule has 0 spiro atoms. The first-order valence-corrected chi connectivity index (χ1v) is 4.97. The first-order chi connectivity index (χ1) is 5.38. The third-order valence-corrected chi connectivity index (χ3v) is 1.84. The van der Waals surface area contributed by atoms with Gasteiger partial charge in [-0.15, -0.1) is 0 Å². The first kappa shape index (κ1) is 8.64. The summed E-state index contributed by atoms with van der Waals surface area (Å²) >= 11 is 2.29. The molecule has 0 atom stereocenters. The third kappa shape index (κ3) is 2.25. The number of benzene rings is 1. The highest BCUT2D eigenvalue weighted by molar-refractivity contribution is 14.1. The van der Waals surface area contributed by atoms with Gasteiger partial charge in [0, 0.05) is 7.05 Å². The van der Waals surface area contributed by atoms with Crippen LogP contribution in [0.25, 0.3) is 0 Å².